The van der Waals surface area contributed by atoms with E-state index in [2.05, 4.69) is 14.7 Å². The van der Waals surface area contributed by atoms with Gasteiger partial charge in [-0.2, -0.15) is 0 Å². The Kier molecular flexibility index (Phi) is 19.4. The average Bonchev–Trinajstić information content (AvgIpc) is 3.07. The fourth-order valence-electron chi connectivity index (χ4n) is 5.07. The fraction of sp³-hybridized carbons (Fsp3) is 0.382. The van der Waals surface area contributed by atoms with Gasteiger partial charge < -0.3 is 40.6 Å². The fourth-order valence-corrected chi connectivity index (χ4v) is 5.07. The van der Waals surface area contributed by atoms with Crippen molar-refractivity contribution < 1.29 is 64.1 Å². The third-order valence-electron chi connectivity index (χ3n) is 7.51. The molecule has 4 rings (SSSR count). The topological polar surface area (TPSA) is 237 Å². The number of hydrogen-bond donors (Lipinski definition) is 5. The zero-order valence-electron chi connectivity index (χ0n) is 27.6. The molecule has 0 amide bonds. The molecule has 0 spiro atoms. The number of aliphatic carboxylic acids is 4. The van der Waals surface area contributed by atoms with Crippen LogP contribution in [0.1, 0.15) is 28.9 Å². The van der Waals surface area contributed by atoms with Crippen LogP contribution in [0.25, 0.3) is 0 Å². The van der Waals surface area contributed by atoms with Gasteiger partial charge in [-0.1, -0.05) is 19.1 Å². The van der Waals surface area contributed by atoms with E-state index in [0.29, 0.717) is 29.9 Å². The van der Waals surface area contributed by atoms with Crippen LogP contribution < -0.4 is 0 Å². The molecule has 0 radical (unpaired) electrons. The molecule has 2 aliphatic rings. The van der Waals surface area contributed by atoms with Crippen molar-refractivity contribution in [1.82, 2.24) is 14.7 Å². The lowest BCUT2D eigenvalue weighted by atomic mass is 9.98. The Labute approximate surface area is 288 Å². The number of aromatic hydroxyl groups is 1. The largest absolute Gasteiger partial charge is 0.508 e. The minimum atomic E-state index is -1.26. The van der Waals surface area contributed by atoms with Crippen LogP contribution in [0.5, 0.6) is 5.75 Å². The van der Waals surface area contributed by atoms with Gasteiger partial charge in [-0.3, -0.25) is 14.6 Å². The van der Waals surface area contributed by atoms with Crippen molar-refractivity contribution in [2.75, 3.05) is 65.6 Å². The van der Waals surface area contributed by atoms with E-state index < -0.39 is 23.9 Å². The number of phenols is 1. The highest BCUT2D eigenvalue weighted by Crippen LogP contribution is 2.24. The zero-order chi connectivity index (χ0) is 36.3. The number of piperazine rings is 1. The number of halogens is 1. The van der Waals surface area contributed by atoms with Crippen LogP contribution in [0, 0.1) is 11.7 Å². The van der Waals surface area contributed by atoms with Crippen molar-refractivity contribution in [2.24, 2.45) is 5.92 Å². The molecule has 2 unspecified atom stereocenters. The second-order valence-electron chi connectivity index (χ2n) is 11.1. The molecule has 2 aliphatic heterocycles. The molecule has 2 aromatic carbocycles. The Morgan fingerprint density at radius 3 is 1.54 bits per heavy atom. The molecule has 0 aliphatic carbocycles. The predicted octanol–water partition coefficient (Wildman–Crippen LogP) is 1.64. The number of carbonyl (C=O) groups is 5. The number of phenolic OH excluding ortho intramolecular Hbond substituents is 1. The van der Waals surface area contributed by atoms with Crippen LogP contribution >= 0.6 is 0 Å². The Balaban J connectivity index is 0.000000613. The number of benzene rings is 2. The number of morpholine rings is 1. The Morgan fingerprint density at radius 1 is 0.700 bits per heavy atom. The van der Waals surface area contributed by atoms with E-state index in [-0.39, 0.29) is 34.8 Å². The summed E-state index contributed by atoms with van der Waals surface area (Å²) >= 11 is 0. The van der Waals surface area contributed by atoms with E-state index in [1.54, 1.807) is 36.4 Å². The number of hydrogen-bond acceptors (Lipinski definition) is 10. The standard InChI is InChI=1S/C26H34FN3O3.2C4H4O4.H2O/c1-20(26(32)22-4-8-24(31)9-5-22)18-28-10-12-29(13-11-28)19-25(30-14-16-33-17-15-30)21-2-6-23(27)7-3-21;2*5-3(6)1-2-4(7)8;/h2-9,20,25,31H,10-19H2,1H3;2*1-2H,(H,5,6)(H,7,8);1H2/b;2*2-1-;. The molecule has 7 N–H and O–H groups in total. The highest BCUT2D eigenvalue weighted by atomic mass is 19.1. The maximum absolute atomic E-state index is 13.5. The van der Waals surface area contributed by atoms with Gasteiger partial charge in [0, 0.05) is 94.2 Å². The molecule has 2 atom stereocenters. The van der Waals surface area contributed by atoms with Gasteiger partial charge >= 0.3 is 23.9 Å². The Bertz CT molecular complexity index is 1370. The van der Waals surface area contributed by atoms with Crippen molar-refractivity contribution in [3.63, 3.8) is 0 Å². The third kappa shape index (κ3) is 16.9. The molecule has 50 heavy (non-hydrogen) atoms. The first-order valence-electron chi connectivity index (χ1n) is 15.4. The van der Waals surface area contributed by atoms with E-state index in [1.807, 2.05) is 19.1 Å². The molecule has 274 valence electrons. The molecule has 0 aromatic heterocycles. The van der Waals surface area contributed by atoms with Gasteiger partial charge in [-0.05, 0) is 42.0 Å². The van der Waals surface area contributed by atoms with Crippen LogP contribution in [0.2, 0.25) is 0 Å². The van der Waals surface area contributed by atoms with Crippen LogP contribution in [-0.4, -0.2) is 141 Å². The second kappa shape index (κ2) is 22.6. The van der Waals surface area contributed by atoms with Crippen LogP contribution in [0.3, 0.4) is 0 Å². The second-order valence-corrected chi connectivity index (χ2v) is 11.1. The lowest BCUT2D eigenvalue weighted by molar-refractivity contribution is -0.134. The summed E-state index contributed by atoms with van der Waals surface area (Å²) in [6, 6.07) is 13.6. The Hall–Kier alpha value is -5.00. The lowest BCUT2D eigenvalue weighted by Gasteiger charge is -2.41. The maximum atomic E-state index is 13.5. The van der Waals surface area contributed by atoms with E-state index in [9.17, 15) is 33.5 Å². The van der Waals surface area contributed by atoms with Gasteiger partial charge in [-0.25, -0.2) is 23.6 Å². The van der Waals surface area contributed by atoms with E-state index >= 15 is 0 Å². The molecule has 2 fully saturated rings. The molecule has 2 aromatic rings. The summed E-state index contributed by atoms with van der Waals surface area (Å²) in [4.78, 5) is 58.2. The molecule has 15 nitrogen and oxygen atoms in total. The van der Waals surface area contributed by atoms with E-state index in [1.165, 1.54) is 0 Å². The van der Waals surface area contributed by atoms with Crippen molar-refractivity contribution in [3.8, 4) is 5.75 Å². The van der Waals surface area contributed by atoms with Gasteiger partial charge in [0.1, 0.15) is 11.6 Å². The number of ether oxygens (including phenoxy) is 1. The van der Waals surface area contributed by atoms with Crippen molar-refractivity contribution >= 4 is 29.7 Å². The molecule has 0 bridgehead atoms. The zero-order valence-corrected chi connectivity index (χ0v) is 27.6. The van der Waals surface area contributed by atoms with E-state index in [4.69, 9.17) is 25.2 Å². The molecular formula is C34H44FN3O12. The third-order valence-corrected chi connectivity index (χ3v) is 7.51. The highest BCUT2D eigenvalue weighted by molar-refractivity contribution is 5.97. The number of ketones is 1. The van der Waals surface area contributed by atoms with Gasteiger partial charge in [0.15, 0.2) is 5.78 Å². The predicted molar refractivity (Wildman–Crippen MR) is 178 cm³/mol. The minimum Gasteiger partial charge on any atom is -0.508 e. The molecular weight excluding hydrogens is 661 g/mol. The van der Waals surface area contributed by atoms with Gasteiger partial charge in [0.05, 0.1) is 13.2 Å². The van der Waals surface area contributed by atoms with Crippen molar-refractivity contribution in [2.45, 2.75) is 13.0 Å². The summed E-state index contributed by atoms with van der Waals surface area (Å²) in [5, 5.41) is 40.7. The van der Waals surface area contributed by atoms with Crippen LogP contribution in [-0.2, 0) is 23.9 Å². The first kappa shape index (κ1) is 43.0. The minimum absolute atomic E-state index is 0. The number of nitrogens with zero attached hydrogens (tertiary/aromatic N) is 3. The van der Waals surface area contributed by atoms with Gasteiger partial charge in [0.25, 0.3) is 0 Å². The van der Waals surface area contributed by atoms with Crippen molar-refractivity contribution in [3.05, 3.63) is 89.8 Å². The summed E-state index contributed by atoms with van der Waals surface area (Å²) in [7, 11) is 0. The van der Waals surface area contributed by atoms with Crippen LogP contribution in [0.15, 0.2) is 72.8 Å². The number of rotatable bonds is 12. The quantitative estimate of drug-likeness (QED) is 0.156. The normalized spacial score (nSPS) is 16.5. The molecule has 0 saturated carbocycles. The number of carboxylic acid groups (broad SMARTS) is 4. The first-order valence-corrected chi connectivity index (χ1v) is 15.4. The lowest BCUT2D eigenvalue weighted by Crippen LogP contribution is -2.51. The van der Waals surface area contributed by atoms with Gasteiger partial charge in [-0.15, -0.1) is 0 Å². The highest BCUT2D eigenvalue weighted by Gasteiger charge is 2.28. The summed E-state index contributed by atoms with van der Waals surface area (Å²) in [5.41, 5.74) is 1.79. The summed E-state index contributed by atoms with van der Waals surface area (Å²) in [5.74, 6) is -5.04. The Morgan fingerprint density at radius 2 is 1.12 bits per heavy atom. The molecule has 16 heteroatoms. The summed E-state index contributed by atoms with van der Waals surface area (Å²) in [6.07, 6.45) is 2.23. The summed E-state index contributed by atoms with van der Waals surface area (Å²) in [6.45, 7) is 10.6. The maximum Gasteiger partial charge on any atom is 0.328 e. The molecule has 2 heterocycles. The van der Waals surface area contributed by atoms with Crippen LogP contribution in [0.4, 0.5) is 4.39 Å². The summed E-state index contributed by atoms with van der Waals surface area (Å²) < 4.78 is 19.0. The monoisotopic (exact) mass is 705 g/mol. The van der Waals surface area contributed by atoms with E-state index in [0.717, 1.165) is 71.1 Å². The van der Waals surface area contributed by atoms with Crippen molar-refractivity contribution in [1.29, 1.82) is 0 Å². The first-order chi connectivity index (χ1) is 23.2. The number of carbonyl (C=O) groups excluding carboxylic acids is 1. The average molecular weight is 706 g/mol. The number of carboxylic acids is 4. The molecule has 2 saturated heterocycles. The van der Waals surface area contributed by atoms with Gasteiger partial charge in [0.2, 0.25) is 0 Å². The smallest absolute Gasteiger partial charge is 0.328 e. The number of Topliss-reactive ketones (excluding diaryl/α,β-unsaturated/α-hetero) is 1. The SMILES string of the molecule is CC(CN1CCN(CC(c2ccc(F)cc2)N2CCOCC2)CC1)C(=O)c1ccc(O)cc1.O.O=C(O)/C=C\C(=O)O.O=C(O)/C=C\C(=O)O.